The largest absolute Gasteiger partial charge is 0.494 e. The summed E-state index contributed by atoms with van der Waals surface area (Å²) in [5, 5.41) is 9.25. The maximum absolute atomic E-state index is 13.9. The maximum atomic E-state index is 13.9. The molecule has 27 heavy (non-hydrogen) atoms. The third kappa shape index (κ3) is 2.92. The van der Waals surface area contributed by atoms with Crippen LogP contribution in [0.25, 0.3) is 0 Å². The van der Waals surface area contributed by atoms with E-state index in [0.717, 1.165) is 4.90 Å². The Kier molecular flexibility index (Phi) is 4.31. The van der Waals surface area contributed by atoms with E-state index >= 15 is 0 Å². The Morgan fingerprint density at radius 3 is 2.52 bits per heavy atom. The summed E-state index contributed by atoms with van der Waals surface area (Å²) < 4.78 is 19.3. The first-order valence-corrected chi connectivity index (χ1v) is 8.61. The molecule has 1 saturated heterocycles. The Hall–Kier alpha value is -3.29. The Balaban J connectivity index is 1.57. The lowest BCUT2D eigenvalue weighted by molar-refractivity contribution is -0.123. The van der Waals surface area contributed by atoms with E-state index in [1.165, 1.54) is 11.1 Å². The molecule has 7 nitrogen and oxygen atoms in total. The monoisotopic (exact) mass is 368 g/mol. The number of amides is 2. The molecule has 2 unspecified atom stereocenters. The summed E-state index contributed by atoms with van der Waals surface area (Å²) in [5.41, 5.74) is 0.834. The molecule has 2 atom stereocenters. The molecule has 0 aromatic heterocycles. The smallest absolute Gasteiger partial charge is 0.263 e. The fourth-order valence-corrected chi connectivity index (χ4v) is 3.27. The van der Waals surface area contributed by atoms with Gasteiger partial charge in [-0.15, -0.1) is 0 Å². The predicted octanol–water partition coefficient (Wildman–Crippen LogP) is 2.72. The van der Waals surface area contributed by atoms with Crippen LogP contribution in [0.4, 0.5) is 10.1 Å². The van der Waals surface area contributed by atoms with E-state index in [9.17, 15) is 14.0 Å². The van der Waals surface area contributed by atoms with Gasteiger partial charge in [0.05, 0.1) is 18.8 Å². The number of anilines is 1. The number of hydrogen-bond acceptors (Lipinski definition) is 6. The molecule has 2 aromatic carbocycles. The molecular formula is C19H17FN4O3. The van der Waals surface area contributed by atoms with Crippen molar-refractivity contribution in [1.82, 2.24) is 5.01 Å². The molecule has 4 rings (SSSR count). The van der Waals surface area contributed by atoms with Gasteiger partial charge in [-0.1, -0.05) is 23.4 Å². The third-order valence-corrected chi connectivity index (χ3v) is 4.55. The zero-order valence-corrected chi connectivity index (χ0v) is 14.6. The Bertz CT molecular complexity index is 915. The van der Waals surface area contributed by atoms with E-state index in [4.69, 9.17) is 4.74 Å². The molecule has 0 radical (unpaired) electrons. The van der Waals surface area contributed by atoms with Crippen molar-refractivity contribution in [3.63, 3.8) is 0 Å². The van der Waals surface area contributed by atoms with Gasteiger partial charge in [-0.25, -0.2) is 9.29 Å². The van der Waals surface area contributed by atoms with Crippen LogP contribution in [0.15, 0.2) is 58.9 Å². The lowest BCUT2D eigenvalue weighted by Gasteiger charge is -2.21. The van der Waals surface area contributed by atoms with Gasteiger partial charge in [0.25, 0.3) is 11.8 Å². The van der Waals surface area contributed by atoms with Gasteiger partial charge in [0.2, 0.25) is 0 Å². The molecule has 1 fully saturated rings. The van der Waals surface area contributed by atoms with Crippen LogP contribution in [-0.2, 0) is 16.1 Å². The Morgan fingerprint density at radius 2 is 1.81 bits per heavy atom. The lowest BCUT2D eigenvalue weighted by atomic mass is 10.1. The van der Waals surface area contributed by atoms with Crippen LogP contribution in [0, 0.1) is 5.82 Å². The maximum Gasteiger partial charge on any atom is 0.263 e. The van der Waals surface area contributed by atoms with Crippen LogP contribution < -0.4 is 9.64 Å². The van der Waals surface area contributed by atoms with E-state index in [1.807, 2.05) is 6.92 Å². The standard InChI is InChI=1S/C19H17FN4O3/c1-2-27-14-9-7-13(8-10-14)24-18(25)16-17(19(24)26)23(22-21-16)11-12-5-3-4-6-15(12)20/h3-10,16-17H,2,11H2,1H3. The zero-order valence-electron chi connectivity index (χ0n) is 14.6. The number of hydrogen-bond donors (Lipinski definition) is 0. The molecule has 2 aromatic rings. The summed E-state index contributed by atoms with van der Waals surface area (Å²) in [4.78, 5) is 26.7. The van der Waals surface area contributed by atoms with Crippen LogP contribution in [0.2, 0.25) is 0 Å². The minimum Gasteiger partial charge on any atom is -0.494 e. The quantitative estimate of drug-likeness (QED) is 0.761. The molecular weight excluding hydrogens is 351 g/mol. The summed E-state index contributed by atoms with van der Waals surface area (Å²) in [6, 6.07) is 11.2. The summed E-state index contributed by atoms with van der Waals surface area (Å²) in [5.74, 6) is -0.595. The van der Waals surface area contributed by atoms with Crippen molar-refractivity contribution in [3.05, 3.63) is 59.9 Å². The van der Waals surface area contributed by atoms with E-state index < -0.39 is 29.7 Å². The molecule has 2 aliphatic heterocycles. The average molecular weight is 368 g/mol. The van der Waals surface area contributed by atoms with Gasteiger partial charge in [-0.3, -0.25) is 14.6 Å². The first-order chi connectivity index (χ1) is 13.1. The van der Waals surface area contributed by atoms with E-state index in [2.05, 4.69) is 10.3 Å². The zero-order chi connectivity index (χ0) is 19.0. The second-order valence-corrected chi connectivity index (χ2v) is 6.22. The fourth-order valence-electron chi connectivity index (χ4n) is 3.27. The average Bonchev–Trinajstić information content (AvgIpc) is 3.19. The van der Waals surface area contributed by atoms with Crippen molar-refractivity contribution in [3.8, 4) is 5.75 Å². The van der Waals surface area contributed by atoms with Crippen LogP contribution in [0.3, 0.4) is 0 Å². The molecule has 0 bridgehead atoms. The molecule has 8 heteroatoms. The second kappa shape index (κ2) is 6.79. The summed E-state index contributed by atoms with van der Waals surface area (Å²) in [6.07, 6.45) is 0. The number of benzene rings is 2. The van der Waals surface area contributed by atoms with Crippen LogP contribution in [-0.4, -0.2) is 35.5 Å². The molecule has 0 N–H and O–H groups in total. The van der Waals surface area contributed by atoms with Gasteiger partial charge in [0.1, 0.15) is 11.6 Å². The first-order valence-electron chi connectivity index (χ1n) is 8.61. The number of halogens is 1. The Morgan fingerprint density at radius 1 is 1.07 bits per heavy atom. The molecule has 0 saturated carbocycles. The molecule has 2 aliphatic rings. The highest BCUT2D eigenvalue weighted by Gasteiger charge is 2.54. The van der Waals surface area contributed by atoms with Crippen molar-refractivity contribution in [1.29, 1.82) is 0 Å². The normalized spacial score (nSPS) is 21.1. The topological polar surface area (TPSA) is 74.6 Å². The molecule has 138 valence electrons. The molecule has 0 spiro atoms. The van der Waals surface area contributed by atoms with E-state index in [0.29, 0.717) is 23.6 Å². The SMILES string of the molecule is CCOc1ccc(N2C(=O)C3N=NN(Cc4ccccc4F)C3C2=O)cc1. The highest BCUT2D eigenvalue weighted by Crippen LogP contribution is 2.33. The number of fused-ring (bicyclic) bond motifs is 1. The second-order valence-electron chi connectivity index (χ2n) is 6.22. The van der Waals surface area contributed by atoms with Crippen LogP contribution >= 0.6 is 0 Å². The fraction of sp³-hybridized carbons (Fsp3) is 0.263. The van der Waals surface area contributed by atoms with Crippen molar-refractivity contribution >= 4 is 17.5 Å². The van der Waals surface area contributed by atoms with Crippen LogP contribution in [0.1, 0.15) is 12.5 Å². The van der Waals surface area contributed by atoms with Gasteiger partial charge < -0.3 is 4.74 Å². The number of nitrogens with zero attached hydrogens (tertiary/aromatic N) is 4. The minimum atomic E-state index is -0.907. The van der Waals surface area contributed by atoms with Crippen LogP contribution in [0.5, 0.6) is 5.75 Å². The van der Waals surface area contributed by atoms with Crippen molar-refractivity contribution < 1.29 is 18.7 Å². The van der Waals surface area contributed by atoms with E-state index in [1.54, 1.807) is 42.5 Å². The summed E-state index contributed by atoms with van der Waals surface area (Å²) in [6.45, 7) is 2.46. The molecule has 0 aliphatic carbocycles. The number of ether oxygens (including phenoxy) is 1. The van der Waals surface area contributed by atoms with Gasteiger partial charge in [-0.05, 0) is 37.3 Å². The first kappa shape index (κ1) is 17.1. The molecule has 2 amide bonds. The predicted molar refractivity (Wildman–Crippen MR) is 94.5 cm³/mol. The molecule has 2 heterocycles. The minimum absolute atomic E-state index is 0.0630. The van der Waals surface area contributed by atoms with Crippen molar-refractivity contribution in [2.75, 3.05) is 11.5 Å². The number of carbonyl (C=O) groups is 2. The van der Waals surface area contributed by atoms with Gasteiger partial charge in [0.15, 0.2) is 12.1 Å². The lowest BCUT2D eigenvalue weighted by Crippen LogP contribution is -2.39. The highest BCUT2D eigenvalue weighted by molar-refractivity contribution is 6.25. The van der Waals surface area contributed by atoms with Crippen molar-refractivity contribution in [2.45, 2.75) is 25.6 Å². The number of imide groups is 1. The van der Waals surface area contributed by atoms with Gasteiger partial charge >= 0.3 is 0 Å². The third-order valence-electron chi connectivity index (χ3n) is 4.55. The summed E-state index contributed by atoms with van der Waals surface area (Å²) >= 11 is 0. The number of carbonyl (C=O) groups excluding carboxylic acids is 2. The van der Waals surface area contributed by atoms with Gasteiger partial charge in [-0.2, -0.15) is 5.11 Å². The van der Waals surface area contributed by atoms with E-state index in [-0.39, 0.29) is 6.54 Å². The highest BCUT2D eigenvalue weighted by atomic mass is 19.1. The van der Waals surface area contributed by atoms with Crippen molar-refractivity contribution in [2.24, 2.45) is 10.3 Å². The van der Waals surface area contributed by atoms with Gasteiger partial charge in [0, 0.05) is 5.56 Å². The summed E-state index contributed by atoms with van der Waals surface area (Å²) in [7, 11) is 0. The number of rotatable bonds is 5. The Labute approximate surface area is 155 Å².